The van der Waals surface area contributed by atoms with Crippen molar-refractivity contribution in [3.63, 3.8) is 0 Å². The van der Waals surface area contributed by atoms with Crippen molar-refractivity contribution in [2.24, 2.45) is 0 Å². The van der Waals surface area contributed by atoms with Crippen molar-refractivity contribution in [3.8, 4) is 0 Å². The molecule has 1 aliphatic rings. The summed E-state index contributed by atoms with van der Waals surface area (Å²) in [5, 5.41) is 2.54. The van der Waals surface area contributed by atoms with Crippen LogP contribution in [0.15, 0.2) is 0 Å². The summed E-state index contributed by atoms with van der Waals surface area (Å²) in [5.41, 5.74) is 0. The van der Waals surface area contributed by atoms with E-state index in [2.05, 4.69) is 5.32 Å². The van der Waals surface area contributed by atoms with Crippen LogP contribution in [0.25, 0.3) is 0 Å². The molecule has 7 nitrogen and oxygen atoms in total. The number of hydrogen-bond acceptors (Lipinski definition) is 6. The second-order valence-corrected chi connectivity index (χ2v) is 5.64. The third kappa shape index (κ3) is 5.11. The minimum atomic E-state index is -0.961. The Balaban J connectivity index is 2.49. The summed E-state index contributed by atoms with van der Waals surface area (Å²) in [5.74, 6) is 0.0981. The highest BCUT2D eigenvalue weighted by Gasteiger charge is 2.36. The minimum Gasteiger partial charge on any atom is -0.433 e. The number of nitrogens with zero attached hydrogens (tertiary/aromatic N) is 1. The van der Waals surface area contributed by atoms with Crippen molar-refractivity contribution in [3.05, 3.63) is 0 Å². The Hall–Kier alpha value is -1.44. The second-order valence-electron chi connectivity index (χ2n) is 4.66. The molecule has 1 aliphatic heterocycles. The smallest absolute Gasteiger partial charge is 0.433 e. The van der Waals surface area contributed by atoms with Crippen molar-refractivity contribution in [1.82, 2.24) is 10.2 Å². The van der Waals surface area contributed by atoms with E-state index in [0.717, 1.165) is 6.42 Å². The van der Waals surface area contributed by atoms with Crippen LogP contribution >= 0.6 is 11.8 Å². The number of amides is 2. The lowest BCUT2D eigenvalue weighted by atomic mass is 10.2. The number of nitrogens with one attached hydrogen (secondary N) is 1. The van der Waals surface area contributed by atoms with E-state index in [9.17, 15) is 14.4 Å². The van der Waals surface area contributed by atoms with Crippen molar-refractivity contribution in [2.45, 2.75) is 31.9 Å². The number of carbonyl (C=O) groups excluding carboxylic acids is 3. The number of likely N-dealkylation sites (tertiary alicyclic amines) is 1. The molecule has 0 aromatic rings. The summed E-state index contributed by atoms with van der Waals surface area (Å²) >= 11 is 1.54. The molecule has 0 spiro atoms. The Labute approximate surface area is 128 Å². The maximum atomic E-state index is 12.3. The Kier molecular flexibility index (Phi) is 7.35. The van der Waals surface area contributed by atoms with E-state index in [1.54, 1.807) is 11.8 Å². The van der Waals surface area contributed by atoms with Crippen LogP contribution in [0.4, 0.5) is 4.79 Å². The molecular weight excluding hydrogens is 296 g/mol. The Morgan fingerprint density at radius 3 is 2.76 bits per heavy atom. The zero-order valence-electron chi connectivity index (χ0n) is 12.6. The van der Waals surface area contributed by atoms with Gasteiger partial charge in [-0.1, -0.05) is 0 Å². The second kappa shape index (κ2) is 8.76. The minimum absolute atomic E-state index is 0.199. The topological polar surface area (TPSA) is 84.9 Å². The van der Waals surface area contributed by atoms with Gasteiger partial charge in [-0.15, -0.1) is 0 Å². The van der Waals surface area contributed by atoms with Gasteiger partial charge < -0.3 is 19.7 Å². The van der Waals surface area contributed by atoms with Gasteiger partial charge in [-0.05, 0) is 26.0 Å². The van der Waals surface area contributed by atoms with E-state index in [4.69, 9.17) is 9.47 Å². The fourth-order valence-corrected chi connectivity index (χ4v) is 2.39. The molecule has 1 N–H and O–H groups in total. The van der Waals surface area contributed by atoms with Gasteiger partial charge in [0.2, 0.25) is 5.91 Å². The molecule has 1 heterocycles. The van der Waals surface area contributed by atoms with Gasteiger partial charge in [0.1, 0.15) is 12.6 Å². The molecule has 0 radical (unpaired) electrons. The van der Waals surface area contributed by atoms with E-state index in [0.29, 0.717) is 18.7 Å². The zero-order chi connectivity index (χ0) is 15.8. The number of likely N-dealkylation sites (N-methyl/N-ethyl adjacent to an activating group) is 1. The monoisotopic (exact) mass is 318 g/mol. The summed E-state index contributed by atoms with van der Waals surface area (Å²) in [6.07, 6.45) is 1.45. The average Bonchev–Trinajstić information content (AvgIpc) is 2.95. The van der Waals surface area contributed by atoms with Crippen LogP contribution in [0.5, 0.6) is 0 Å². The average molecular weight is 318 g/mol. The third-order valence-electron chi connectivity index (χ3n) is 3.21. The Morgan fingerprint density at radius 2 is 2.14 bits per heavy atom. The first-order valence-electron chi connectivity index (χ1n) is 6.85. The molecule has 2 amide bonds. The van der Waals surface area contributed by atoms with Crippen LogP contribution in [0, 0.1) is 0 Å². The van der Waals surface area contributed by atoms with Crippen LogP contribution in [-0.2, 0) is 19.1 Å². The summed E-state index contributed by atoms with van der Waals surface area (Å²) < 4.78 is 9.77. The predicted octanol–water partition coefficient (Wildman–Crippen LogP) is 0.628. The highest BCUT2D eigenvalue weighted by molar-refractivity contribution is 7.98. The molecule has 1 rings (SSSR count). The molecule has 0 aromatic heterocycles. The van der Waals surface area contributed by atoms with Crippen molar-refractivity contribution >= 4 is 29.7 Å². The maximum Gasteiger partial charge on any atom is 0.509 e. The summed E-state index contributed by atoms with van der Waals surface area (Å²) in [6, 6.07) is -0.485. The van der Waals surface area contributed by atoms with Crippen LogP contribution < -0.4 is 5.32 Å². The van der Waals surface area contributed by atoms with Crippen molar-refractivity contribution < 1.29 is 23.9 Å². The number of hydrogen-bond donors (Lipinski definition) is 1. The molecule has 1 saturated heterocycles. The summed E-state index contributed by atoms with van der Waals surface area (Å²) in [7, 11) is 1.53. The number of thioether (sulfide) groups is 1. The van der Waals surface area contributed by atoms with Gasteiger partial charge in [-0.3, -0.25) is 9.59 Å². The summed E-state index contributed by atoms with van der Waals surface area (Å²) in [6.45, 7) is 2.22. The van der Waals surface area contributed by atoms with Crippen LogP contribution in [-0.4, -0.2) is 67.2 Å². The van der Waals surface area contributed by atoms with Gasteiger partial charge in [0, 0.05) is 19.3 Å². The Morgan fingerprint density at radius 1 is 1.43 bits per heavy atom. The van der Waals surface area contributed by atoms with E-state index in [-0.39, 0.29) is 18.4 Å². The highest BCUT2D eigenvalue weighted by Crippen LogP contribution is 2.19. The van der Waals surface area contributed by atoms with Gasteiger partial charge in [0.25, 0.3) is 5.91 Å². The first kappa shape index (κ1) is 17.6. The molecule has 21 heavy (non-hydrogen) atoms. The standard InChI is InChI=1S/C13H22N2O5S/c1-9(20-13(18)19-7-8-21-3)12(17)15-6-4-5-10(15)11(16)14-2/h9-10H,4-8H2,1-3H3,(H,14,16)/t9-,10?/m1/s1. The molecular formula is C13H22N2O5S. The Bertz CT molecular complexity index is 391. The van der Waals surface area contributed by atoms with E-state index in [1.807, 2.05) is 6.26 Å². The van der Waals surface area contributed by atoms with Crippen LogP contribution in [0.2, 0.25) is 0 Å². The third-order valence-corrected chi connectivity index (χ3v) is 3.79. The largest absolute Gasteiger partial charge is 0.509 e. The van der Waals surface area contributed by atoms with Crippen LogP contribution in [0.3, 0.4) is 0 Å². The predicted molar refractivity (Wildman–Crippen MR) is 79.1 cm³/mol. The molecule has 2 atom stereocenters. The molecule has 1 unspecified atom stereocenters. The lowest BCUT2D eigenvalue weighted by Gasteiger charge is -2.25. The molecule has 8 heteroatoms. The van der Waals surface area contributed by atoms with E-state index in [1.165, 1.54) is 18.9 Å². The van der Waals surface area contributed by atoms with Gasteiger partial charge in [-0.2, -0.15) is 11.8 Å². The van der Waals surface area contributed by atoms with Crippen molar-refractivity contribution in [1.29, 1.82) is 0 Å². The first-order valence-corrected chi connectivity index (χ1v) is 8.25. The van der Waals surface area contributed by atoms with Gasteiger partial charge in [0.05, 0.1) is 0 Å². The lowest BCUT2D eigenvalue weighted by Crippen LogP contribution is -2.48. The van der Waals surface area contributed by atoms with Gasteiger partial charge >= 0.3 is 6.16 Å². The zero-order valence-corrected chi connectivity index (χ0v) is 13.4. The fourth-order valence-electron chi connectivity index (χ4n) is 2.14. The maximum absolute atomic E-state index is 12.3. The molecule has 0 bridgehead atoms. The fraction of sp³-hybridized carbons (Fsp3) is 0.769. The summed E-state index contributed by atoms with van der Waals surface area (Å²) in [4.78, 5) is 36.8. The van der Waals surface area contributed by atoms with Crippen molar-refractivity contribution in [2.75, 3.05) is 32.2 Å². The molecule has 0 aromatic carbocycles. The van der Waals surface area contributed by atoms with Crippen LogP contribution in [0.1, 0.15) is 19.8 Å². The van der Waals surface area contributed by atoms with E-state index < -0.39 is 18.3 Å². The quantitative estimate of drug-likeness (QED) is 0.571. The SMILES string of the molecule is CNC(=O)C1CCCN1C(=O)[C@@H](C)OC(=O)OCCSC. The number of rotatable bonds is 6. The molecule has 0 saturated carbocycles. The molecule has 1 fully saturated rings. The number of carbonyl (C=O) groups is 3. The molecule has 0 aliphatic carbocycles. The highest BCUT2D eigenvalue weighted by atomic mass is 32.2. The lowest BCUT2D eigenvalue weighted by molar-refractivity contribution is -0.145. The normalized spacial score (nSPS) is 19.0. The van der Waals surface area contributed by atoms with Gasteiger partial charge in [0.15, 0.2) is 6.10 Å². The van der Waals surface area contributed by atoms with Gasteiger partial charge in [-0.25, -0.2) is 4.79 Å². The molecule has 120 valence electrons. The van der Waals surface area contributed by atoms with E-state index >= 15 is 0 Å². The first-order chi connectivity index (χ1) is 10.0. The number of ether oxygens (including phenoxy) is 2.